The van der Waals surface area contributed by atoms with E-state index in [-0.39, 0.29) is 71.0 Å². The Labute approximate surface area is 321 Å². The zero-order chi connectivity index (χ0) is 35.9. The number of ether oxygens (including phenoxy) is 3. The van der Waals surface area contributed by atoms with Gasteiger partial charge >= 0.3 is 35.7 Å². The summed E-state index contributed by atoms with van der Waals surface area (Å²) in [4.78, 5) is 41.5. The van der Waals surface area contributed by atoms with Crippen LogP contribution in [0.1, 0.15) is 57.4 Å². The average Bonchev–Trinajstić information content (AvgIpc) is 3.63. The number of alkyl halides is 3. The summed E-state index contributed by atoms with van der Waals surface area (Å²) < 4.78 is 58.5. The van der Waals surface area contributed by atoms with E-state index in [4.69, 9.17) is 34.1 Å². The maximum atomic E-state index is 14.1. The molecule has 6 heterocycles. The summed E-state index contributed by atoms with van der Waals surface area (Å²) in [5.74, 6) is -0.575. The van der Waals surface area contributed by atoms with Crippen LogP contribution >= 0.6 is 0 Å². The summed E-state index contributed by atoms with van der Waals surface area (Å²) in [5.41, 5.74) is 1.54. The smallest absolute Gasteiger partial charge is 0.548 e. The Morgan fingerprint density at radius 3 is 2.42 bits per heavy atom. The van der Waals surface area contributed by atoms with Crippen molar-refractivity contribution in [1.29, 1.82) is 0 Å². The number of hydrogen-bond donors (Lipinski definition) is 1. The van der Waals surface area contributed by atoms with Crippen LogP contribution in [0.4, 0.5) is 24.7 Å². The van der Waals surface area contributed by atoms with Gasteiger partial charge in [0.2, 0.25) is 5.88 Å². The van der Waals surface area contributed by atoms with Crippen molar-refractivity contribution in [2.45, 2.75) is 76.2 Å². The van der Waals surface area contributed by atoms with Crippen molar-refractivity contribution in [2.75, 3.05) is 50.3 Å². The van der Waals surface area contributed by atoms with Crippen LogP contribution in [0.15, 0.2) is 30.7 Å². The number of nitrogens with zero attached hydrogens (tertiary/aromatic N) is 7. The molecule has 0 spiro atoms. The van der Waals surface area contributed by atoms with Crippen LogP contribution in [-0.4, -0.2) is 94.6 Å². The van der Waals surface area contributed by atoms with Gasteiger partial charge in [-0.3, -0.25) is 0 Å². The molecular formula is C35H40F3N8NaO5. The number of anilines is 2. The van der Waals surface area contributed by atoms with Gasteiger partial charge in [-0.1, -0.05) is 6.42 Å². The molecule has 1 N–H and O–H groups in total. The van der Waals surface area contributed by atoms with Crippen molar-refractivity contribution in [1.82, 2.24) is 29.9 Å². The number of aliphatic carboxylic acids is 1. The molecular weight excluding hydrogens is 692 g/mol. The number of methoxy groups -OCH3 is 1. The maximum Gasteiger partial charge on any atom is 1.00 e. The van der Waals surface area contributed by atoms with E-state index in [0.717, 1.165) is 38.2 Å². The fourth-order valence-electron chi connectivity index (χ4n) is 7.91. The van der Waals surface area contributed by atoms with Crippen LogP contribution < -0.4 is 49.2 Å². The molecule has 17 heteroatoms. The molecule has 0 radical (unpaired) electrons. The van der Waals surface area contributed by atoms with E-state index in [0.29, 0.717) is 60.2 Å². The third kappa shape index (κ3) is 7.72. The zero-order valence-corrected chi connectivity index (χ0v) is 31.7. The van der Waals surface area contributed by atoms with Gasteiger partial charge in [-0.05, 0) is 57.6 Å². The van der Waals surface area contributed by atoms with Crippen LogP contribution in [0, 0.1) is 5.41 Å². The number of imidazole rings is 1. The van der Waals surface area contributed by atoms with Crippen LogP contribution in [0.2, 0.25) is 0 Å². The van der Waals surface area contributed by atoms with Crippen molar-refractivity contribution >= 4 is 28.6 Å². The number of hydrogen-bond acceptors (Lipinski definition) is 12. The minimum Gasteiger partial charge on any atom is -0.548 e. The fourth-order valence-corrected chi connectivity index (χ4v) is 7.91. The van der Waals surface area contributed by atoms with Crippen molar-refractivity contribution < 1.29 is 66.8 Å². The Bertz CT molecular complexity index is 1880. The second-order valence-electron chi connectivity index (χ2n) is 13.8. The molecule has 13 nitrogen and oxygen atoms in total. The Balaban J connectivity index is 0.00000464. The van der Waals surface area contributed by atoms with Crippen LogP contribution in [-0.2, 0) is 20.4 Å². The van der Waals surface area contributed by atoms with Crippen LogP contribution in [0.25, 0.3) is 33.9 Å². The van der Waals surface area contributed by atoms with E-state index < -0.39 is 30.2 Å². The molecule has 3 aliphatic rings. The minimum absolute atomic E-state index is 0. The van der Waals surface area contributed by atoms with Gasteiger partial charge in [0.15, 0.2) is 11.5 Å². The van der Waals surface area contributed by atoms with E-state index in [2.05, 4.69) is 19.8 Å². The van der Waals surface area contributed by atoms with Crippen molar-refractivity contribution in [3.8, 4) is 28.7 Å². The van der Waals surface area contributed by atoms with Crippen LogP contribution in [0.3, 0.4) is 0 Å². The molecule has 4 aromatic heterocycles. The largest absolute Gasteiger partial charge is 1.00 e. The average molecular weight is 733 g/mol. The number of aromatic amines is 1. The Hall–Kier alpha value is -3.57. The number of H-pyrrole nitrogens is 1. The molecule has 4 aromatic rings. The normalized spacial score (nSPS) is 20.7. The van der Waals surface area contributed by atoms with Gasteiger partial charge < -0.3 is 38.9 Å². The number of fused-ring (bicyclic) bond motifs is 3. The third-order valence-corrected chi connectivity index (χ3v) is 10.3. The summed E-state index contributed by atoms with van der Waals surface area (Å²) in [5, 5.41) is 10.9. The first kappa shape index (κ1) is 38.2. The first-order valence-electron chi connectivity index (χ1n) is 17.2. The van der Waals surface area contributed by atoms with E-state index in [1.165, 1.54) is 6.20 Å². The SMILES string of the molecule is CCOc1ncc(-c2cc(N(C)CC3(COC)CCC3)c3[nH]c(-c4cnc(N5[C@@H]6CC[C@H]5CC(OCC(=O)[O-])C6)cn4)nc3n2)cc1C(F)(F)F.[Na+]. The summed E-state index contributed by atoms with van der Waals surface area (Å²) in [6, 6.07) is 3.09. The third-order valence-electron chi connectivity index (χ3n) is 10.3. The van der Waals surface area contributed by atoms with Gasteiger partial charge in [0.25, 0.3) is 0 Å². The summed E-state index contributed by atoms with van der Waals surface area (Å²) in [6.07, 6.45) is 6.27. The Kier molecular flexibility index (Phi) is 11.3. The van der Waals surface area contributed by atoms with Gasteiger partial charge in [0.05, 0.1) is 55.7 Å². The number of pyridine rings is 2. The molecule has 2 bridgehead atoms. The molecule has 0 aromatic carbocycles. The van der Waals surface area contributed by atoms with Crippen LogP contribution in [0.5, 0.6) is 5.88 Å². The number of halogens is 3. The quantitative estimate of drug-likeness (QED) is 0.198. The fraction of sp³-hybridized carbons (Fsp3) is 0.543. The van der Waals surface area contributed by atoms with Crippen molar-refractivity contribution in [3.63, 3.8) is 0 Å². The number of carboxylic acid groups (broad SMARTS) is 1. The van der Waals surface area contributed by atoms with E-state index in [9.17, 15) is 23.1 Å². The maximum absolute atomic E-state index is 14.1. The van der Waals surface area contributed by atoms with Crippen molar-refractivity contribution in [3.05, 3.63) is 36.3 Å². The molecule has 272 valence electrons. The molecule has 52 heavy (non-hydrogen) atoms. The molecule has 1 unspecified atom stereocenters. The second-order valence-corrected chi connectivity index (χ2v) is 13.8. The summed E-state index contributed by atoms with van der Waals surface area (Å²) in [7, 11) is 3.64. The predicted octanol–water partition coefficient (Wildman–Crippen LogP) is 1.42. The second kappa shape index (κ2) is 15.4. The standard InChI is InChI=1S/C35H41F3N8O5.Na/c1-4-50-33-24(35(36,37)38)10-20(14-41-33)25-13-27(45(2)18-34(19-49-3)8-5-9-34)30-32(42-25)44-31(43-30)26-15-40-28(16-39-26)46-21-6-7-22(46)12-23(11-21)51-17-29(47)48;/h10,13-16,21-23H,4-9,11-12,17-19H2,1-3H3,(H,47,48)(H,42,43,44);/q;+1/p-1/t21-,22+,23?;. The van der Waals surface area contributed by atoms with Gasteiger partial charge in [-0.15, -0.1) is 0 Å². The zero-order valence-electron chi connectivity index (χ0n) is 29.7. The number of aromatic nitrogens is 6. The first-order valence-corrected chi connectivity index (χ1v) is 17.2. The van der Waals surface area contributed by atoms with E-state index in [1.807, 2.05) is 7.05 Å². The predicted molar refractivity (Wildman–Crippen MR) is 179 cm³/mol. The van der Waals surface area contributed by atoms with Gasteiger partial charge in [0, 0.05) is 50.0 Å². The molecule has 0 amide bonds. The summed E-state index contributed by atoms with van der Waals surface area (Å²) in [6.45, 7) is 2.49. The molecule has 1 saturated carbocycles. The molecule has 2 saturated heterocycles. The number of rotatable bonds is 13. The number of piperidine rings is 1. The van der Waals surface area contributed by atoms with E-state index in [1.54, 1.807) is 32.5 Å². The Morgan fingerprint density at radius 1 is 1.08 bits per heavy atom. The molecule has 3 atom stereocenters. The van der Waals surface area contributed by atoms with Crippen molar-refractivity contribution in [2.24, 2.45) is 5.41 Å². The summed E-state index contributed by atoms with van der Waals surface area (Å²) >= 11 is 0. The molecule has 1 aliphatic carbocycles. The molecule has 7 rings (SSSR count). The van der Waals surface area contributed by atoms with E-state index >= 15 is 0 Å². The van der Waals surface area contributed by atoms with Gasteiger partial charge in [-0.2, -0.15) is 13.2 Å². The number of nitrogens with one attached hydrogen (secondary N) is 1. The number of carboxylic acids is 1. The number of carbonyl (C=O) groups excluding carboxylic acids is 1. The van der Waals surface area contributed by atoms with Gasteiger partial charge in [0.1, 0.15) is 22.6 Å². The van der Waals surface area contributed by atoms with Gasteiger partial charge in [-0.25, -0.2) is 24.9 Å². The monoisotopic (exact) mass is 732 g/mol. The minimum atomic E-state index is -4.68. The Morgan fingerprint density at radius 2 is 1.83 bits per heavy atom. The topological polar surface area (TPSA) is 155 Å². The molecule has 2 aliphatic heterocycles. The first-order chi connectivity index (χ1) is 24.5. The number of carbonyl (C=O) groups is 1. The molecule has 3 fully saturated rings.